The molecular formula is C13H8BrNS. The number of fused-ring (bicyclic) bond motifs is 1. The number of thiophene rings is 1. The van der Waals surface area contributed by atoms with Gasteiger partial charge in [0.15, 0.2) is 0 Å². The maximum Gasteiger partial charge on any atom is 0.0708 e. The van der Waals surface area contributed by atoms with Gasteiger partial charge in [-0.2, -0.15) is 0 Å². The maximum atomic E-state index is 4.38. The van der Waals surface area contributed by atoms with Crippen LogP contribution in [0.5, 0.6) is 0 Å². The lowest BCUT2D eigenvalue weighted by atomic mass is 10.1. The molecular weight excluding hydrogens is 282 g/mol. The predicted molar refractivity (Wildman–Crippen MR) is 74.5 cm³/mol. The third-order valence-corrected chi connectivity index (χ3v) is 4.08. The average molecular weight is 290 g/mol. The summed E-state index contributed by atoms with van der Waals surface area (Å²) in [6.07, 6.45) is 4.10. The fraction of sp³-hybridized carbons (Fsp3) is 0. The van der Waals surface area contributed by atoms with Gasteiger partial charge in [0, 0.05) is 32.1 Å². The number of halogens is 1. The van der Waals surface area contributed by atoms with Crippen molar-refractivity contribution in [3.63, 3.8) is 0 Å². The van der Waals surface area contributed by atoms with E-state index in [9.17, 15) is 0 Å². The quantitative estimate of drug-likeness (QED) is 0.717. The molecule has 0 aliphatic carbocycles. The minimum atomic E-state index is 1.06. The third kappa shape index (κ3) is 1.77. The Bertz CT molecular complexity index is 595. The molecule has 0 radical (unpaired) electrons. The first-order chi connectivity index (χ1) is 7.83. The van der Waals surface area contributed by atoms with Crippen LogP contribution < -0.4 is 0 Å². The summed E-state index contributed by atoms with van der Waals surface area (Å²) in [6.45, 7) is 0. The highest BCUT2D eigenvalue weighted by Crippen LogP contribution is 2.33. The molecule has 3 rings (SSSR count). The van der Waals surface area contributed by atoms with E-state index in [1.165, 1.54) is 16.0 Å². The van der Waals surface area contributed by atoms with E-state index in [2.05, 4.69) is 44.5 Å². The van der Waals surface area contributed by atoms with E-state index in [1.54, 1.807) is 11.3 Å². The van der Waals surface area contributed by atoms with Crippen molar-refractivity contribution in [2.45, 2.75) is 0 Å². The number of hydrogen-bond donors (Lipinski definition) is 0. The van der Waals surface area contributed by atoms with Crippen LogP contribution in [0.2, 0.25) is 0 Å². The first kappa shape index (κ1) is 10.00. The molecule has 0 saturated heterocycles. The number of para-hydroxylation sites is 1. The molecule has 1 aliphatic heterocycles. The lowest BCUT2D eigenvalue weighted by Gasteiger charge is -1.97. The summed E-state index contributed by atoms with van der Waals surface area (Å²) in [4.78, 5) is 5.62. The Morgan fingerprint density at radius 3 is 2.94 bits per heavy atom. The number of allylic oxidation sites excluding steroid dienone is 1. The van der Waals surface area contributed by atoms with Gasteiger partial charge in [0.05, 0.1) is 5.69 Å². The second-order valence-electron chi connectivity index (χ2n) is 3.54. The number of rotatable bonds is 1. The van der Waals surface area contributed by atoms with Gasteiger partial charge in [-0.15, -0.1) is 11.3 Å². The summed E-state index contributed by atoms with van der Waals surface area (Å²) < 4.78 is 1.13. The molecule has 1 aliphatic rings. The van der Waals surface area contributed by atoms with Crippen molar-refractivity contribution in [1.29, 1.82) is 0 Å². The van der Waals surface area contributed by atoms with Crippen LogP contribution in [0, 0.1) is 0 Å². The fourth-order valence-electron chi connectivity index (χ4n) is 1.71. The Morgan fingerprint density at radius 1 is 1.25 bits per heavy atom. The Morgan fingerprint density at radius 2 is 2.12 bits per heavy atom. The van der Waals surface area contributed by atoms with Gasteiger partial charge in [-0.3, -0.25) is 4.99 Å². The molecule has 0 spiro atoms. The van der Waals surface area contributed by atoms with Crippen LogP contribution in [0.4, 0.5) is 5.69 Å². The maximum absolute atomic E-state index is 4.38. The Labute approximate surface area is 106 Å². The van der Waals surface area contributed by atoms with Crippen LogP contribution in [-0.4, -0.2) is 6.21 Å². The molecule has 0 saturated carbocycles. The third-order valence-electron chi connectivity index (χ3n) is 2.44. The second kappa shape index (κ2) is 4.00. The molecule has 0 bridgehead atoms. The summed E-state index contributed by atoms with van der Waals surface area (Å²) >= 11 is 5.19. The van der Waals surface area contributed by atoms with Gasteiger partial charge in [0.25, 0.3) is 0 Å². The van der Waals surface area contributed by atoms with E-state index >= 15 is 0 Å². The molecule has 1 aromatic carbocycles. The number of hydrogen-bond acceptors (Lipinski definition) is 2. The van der Waals surface area contributed by atoms with E-state index in [0.717, 1.165) is 10.2 Å². The van der Waals surface area contributed by atoms with Crippen molar-refractivity contribution in [2.24, 2.45) is 4.99 Å². The summed E-state index contributed by atoms with van der Waals surface area (Å²) in [5.74, 6) is 0. The minimum absolute atomic E-state index is 1.06. The standard InChI is InChI=1S/C13H8BrNS/c14-10-6-11(16-8-10)5-9-7-15-13-4-2-1-3-12(9)13/h1-8H. The number of benzene rings is 1. The van der Waals surface area contributed by atoms with Crippen LogP contribution in [0.25, 0.3) is 11.6 Å². The molecule has 0 amide bonds. The molecule has 16 heavy (non-hydrogen) atoms. The van der Waals surface area contributed by atoms with E-state index in [4.69, 9.17) is 0 Å². The first-order valence-electron chi connectivity index (χ1n) is 4.92. The van der Waals surface area contributed by atoms with Gasteiger partial charge >= 0.3 is 0 Å². The highest BCUT2D eigenvalue weighted by atomic mass is 79.9. The van der Waals surface area contributed by atoms with Gasteiger partial charge < -0.3 is 0 Å². The highest BCUT2D eigenvalue weighted by Gasteiger charge is 2.10. The van der Waals surface area contributed by atoms with Gasteiger partial charge in [-0.1, -0.05) is 18.2 Å². The van der Waals surface area contributed by atoms with E-state index < -0.39 is 0 Å². The fourth-order valence-corrected chi connectivity index (χ4v) is 3.10. The zero-order valence-corrected chi connectivity index (χ0v) is 10.8. The van der Waals surface area contributed by atoms with Crippen LogP contribution in [0.1, 0.15) is 10.4 Å². The Balaban J connectivity index is 2.05. The van der Waals surface area contributed by atoms with Crippen molar-refractivity contribution in [1.82, 2.24) is 0 Å². The zero-order chi connectivity index (χ0) is 11.0. The summed E-state index contributed by atoms with van der Waals surface area (Å²) in [6, 6.07) is 10.3. The zero-order valence-electron chi connectivity index (χ0n) is 8.35. The number of aliphatic imine (C=N–C) groups is 1. The van der Waals surface area contributed by atoms with Crippen LogP contribution in [0.15, 0.2) is 45.2 Å². The topological polar surface area (TPSA) is 12.4 Å². The van der Waals surface area contributed by atoms with Gasteiger partial charge in [0.1, 0.15) is 0 Å². The van der Waals surface area contributed by atoms with Gasteiger partial charge in [-0.05, 0) is 34.1 Å². The molecule has 0 N–H and O–H groups in total. The lowest BCUT2D eigenvalue weighted by Crippen LogP contribution is -1.78. The molecule has 0 unspecified atom stereocenters. The van der Waals surface area contributed by atoms with E-state index in [0.29, 0.717) is 0 Å². The van der Waals surface area contributed by atoms with Gasteiger partial charge in [-0.25, -0.2) is 0 Å². The lowest BCUT2D eigenvalue weighted by molar-refractivity contribution is 1.55. The second-order valence-corrected chi connectivity index (χ2v) is 5.40. The van der Waals surface area contributed by atoms with E-state index in [-0.39, 0.29) is 0 Å². The molecule has 0 fully saturated rings. The summed E-state index contributed by atoms with van der Waals surface area (Å²) in [5.41, 5.74) is 3.46. The largest absolute Gasteiger partial charge is 0.256 e. The molecule has 0 atom stereocenters. The number of nitrogens with zero attached hydrogens (tertiary/aromatic N) is 1. The summed E-state index contributed by atoms with van der Waals surface area (Å²) in [7, 11) is 0. The molecule has 1 nitrogen and oxygen atoms in total. The van der Waals surface area contributed by atoms with Crippen molar-refractivity contribution in [3.05, 3.63) is 50.6 Å². The molecule has 3 heteroatoms. The molecule has 1 aromatic heterocycles. The van der Waals surface area contributed by atoms with Crippen molar-refractivity contribution < 1.29 is 0 Å². The Kier molecular flexibility index (Phi) is 2.50. The first-order valence-corrected chi connectivity index (χ1v) is 6.59. The smallest absolute Gasteiger partial charge is 0.0708 e. The highest BCUT2D eigenvalue weighted by molar-refractivity contribution is 9.10. The van der Waals surface area contributed by atoms with Crippen molar-refractivity contribution in [2.75, 3.05) is 0 Å². The normalized spacial score (nSPS) is 15.7. The SMILES string of the molecule is Brc1csc(C=C2C=Nc3ccccc32)c1. The molecule has 78 valence electrons. The van der Waals surface area contributed by atoms with Crippen molar-refractivity contribution >= 4 is 50.8 Å². The monoisotopic (exact) mass is 289 g/mol. The predicted octanol–water partition coefficient (Wildman–Crippen LogP) is 4.77. The average Bonchev–Trinajstić information content (AvgIpc) is 2.87. The molecule has 2 aromatic rings. The Hall–Kier alpha value is -1.19. The van der Waals surface area contributed by atoms with Crippen molar-refractivity contribution in [3.8, 4) is 0 Å². The van der Waals surface area contributed by atoms with Crippen LogP contribution >= 0.6 is 27.3 Å². The molecule has 2 heterocycles. The van der Waals surface area contributed by atoms with Crippen LogP contribution in [-0.2, 0) is 0 Å². The van der Waals surface area contributed by atoms with Crippen LogP contribution in [0.3, 0.4) is 0 Å². The minimum Gasteiger partial charge on any atom is -0.256 e. The summed E-state index contributed by atoms with van der Waals surface area (Å²) in [5, 5.41) is 2.09. The van der Waals surface area contributed by atoms with E-state index in [1.807, 2.05) is 24.4 Å². The van der Waals surface area contributed by atoms with Gasteiger partial charge in [0.2, 0.25) is 0 Å².